The van der Waals surface area contributed by atoms with Gasteiger partial charge in [-0.2, -0.15) is 5.26 Å². The number of likely N-dealkylation sites (tertiary alicyclic amines) is 1. The molecule has 0 saturated carbocycles. The number of benzene rings is 1. The summed E-state index contributed by atoms with van der Waals surface area (Å²) in [5, 5.41) is 15.1. The first kappa shape index (κ1) is 20.5. The van der Waals surface area contributed by atoms with Gasteiger partial charge in [0.15, 0.2) is 6.61 Å². The molecule has 8 nitrogen and oxygen atoms in total. The van der Waals surface area contributed by atoms with Crippen molar-refractivity contribution in [2.75, 3.05) is 38.2 Å². The molecular formula is C24H26N4O4. The smallest absolute Gasteiger partial charge is 0.262 e. The molecule has 1 aromatic carbocycles. The molecule has 5 rings (SSSR count). The summed E-state index contributed by atoms with van der Waals surface area (Å²) in [4.78, 5) is 13.9. The second kappa shape index (κ2) is 8.97. The lowest BCUT2D eigenvalue weighted by Crippen LogP contribution is -2.40. The van der Waals surface area contributed by atoms with Gasteiger partial charge in [0, 0.05) is 25.7 Å². The fourth-order valence-corrected chi connectivity index (χ4v) is 4.49. The molecule has 0 radical (unpaired) electrons. The molecule has 1 amide bonds. The molecule has 4 aliphatic rings. The number of anilines is 1. The summed E-state index contributed by atoms with van der Waals surface area (Å²) in [6.07, 6.45) is 10.0. The Morgan fingerprint density at radius 3 is 3.00 bits per heavy atom. The summed E-state index contributed by atoms with van der Waals surface area (Å²) >= 11 is 0. The Kier molecular flexibility index (Phi) is 5.73. The molecule has 2 unspecified atom stereocenters. The minimum atomic E-state index is -0.147. The van der Waals surface area contributed by atoms with Crippen LogP contribution in [0.5, 0.6) is 11.5 Å². The second-order valence-electron chi connectivity index (χ2n) is 8.34. The molecule has 1 fully saturated rings. The molecule has 0 aromatic heterocycles. The van der Waals surface area contributed by atoms with Gasteiger partial charge in [-0.1, -0.05) is 12.2 Å². The van der Waals surface area contributed by atoms with Crippen LogP contribution in [0.15, 0.2) is 54.0 Å². The van der Waals surface area contributed by atoms with Gasteiger partial charge in [0.1, 0.15) is 41.7 Å². The third-order valence-electron chi connectivity index (χ3n) is 6.18. The van der Waals surface area contributed by atoms with E-state index in [0.29, 0.717) is 23.7 Å². The Bertz CT molecular complexity index is 1020. The van der Waals surface area contributed by atoms with Crippen molar-refractivity contribution in [2.24, 2.45) is 5.92 Å². The standard InChI is InChI=1S/C24H26N4O4/c25-14-16-12-19-20(26-16)2-1-3-22(19)30-11-10-28-8-6-17(7-9-28)32-18-4-5-23-21(13-18)27-24(29)15-31-23/h1-5,12-13,17,19-20,26H,6-11,15H2,(H,27,29). The van der Waals surface area contributed by atoms with Gasteiger partial charge in [0.05, 0.1) is 17.6 Å². The number of allylic oxidation sites excluding steroid dienone is 3. The van der Waals surface area contributed by atoms with E-state index < -0.39 is 0 Å². The molecule has 0 bridgehead atoms. The Hall–Kier alpha value is -3.44. The molecule has 0 spiro atoms. The molecule has 3 heterocycles. The summed E-state index contributed by atoms with van der Waals surface area (Å²) in [5.41, 5.74) is 1.27. The van der Waals surface area contributed by atoms with Gasteiger partial charge in [-0.05, 0) is 37.1 Å². The Labute approximate surface area is 187 Å². The Morgan fingerprint density at radius 1 is 1.28 bits per heavy atom. The second-order valence-corrected chi connectivity index (χ2v) is 8.34. The highest BCUT2D eigenvalue weighted by atomic mass is 16.5. The number of nitrogens with zero attached hydrogens (tertiary/aromatic N) is 2. The van der Waals surface area contributed by atoms with Crippen molar-refractivity contribution in [1.82, 2.24) is 10.2 Å². The van der Waals surface area contributed by atoms with Gasteiger partial charge in [-0.15, -0.1) is 0 Å². The van der Waals surface area contributed by atoms with Crippen molar-refractivity contribution in [1.29, 1.82) is 5.26 Å². The minimum Gasteiger partial charge on any atom is -0.496 e. The predicted molar refractivity (Wildman–Crippen MR) is 118 cm³/mol. The lowest BCUT2D eigenvalue weighted by Gasteiger charge is -2.32. The highest BCUT2D eigenvalue weighted by Crippen LogP contribution is 2.33. The fraction of sp³-hybridized carbons (Fsp3) is 0.417. The van der Waals surface area contributed by atoms with Crippen LogP contribution in [-0.4, -0.2) is 55.8 Å². The normalized spacial score (nSPS) is 24.7. The molecule has 1 aromatic rings. The van der Waals surface area contributed by atoms with E-state index in [0.717, 1.165) is 44.0 Å². The van der Waals surface area contributed by atoms with Crippen LogP contribution in [0, 0.1) is 17.2 Å². The van der Waals surface area contributed by atoms with E-state index in [1.807, 2.05) is 36.4 Å². The van der Waals surface area contributed by atoms with Crippen molar-refractivity contribution >= 4 is 11.6 Å². The van der Waals surface area contributed by atoms with E-state index in [-0.39, 0.29) is 30.6 Å². The van der Waals surface area contributed by atoms with E-state index >= 15 is 0 Å². The van der Waals surface area contributed by atoms with Crippen LogP contribution in [0.2, 0.25) is 0 Å². The topological polar surface area (TPSA) is 95.9 Å². The molecule has 2 N–H and O–H groups in total. The number of piperidine rings is 1. The van der Waals surface area contributed by atoms with Crippen LogP contribution in [-0.2, 0) is 9.53 Å². The first-order chi connectivity index (χ1) is 15.7. The number of hydrogen-bond donors (Lipinski definition) is 2. The van der Waals surface area contributed by atoms with Crippen molar-refractivity contribution in [3.63, 3.8) is 0 Å². The summed E-state index contributed by atoms with van der Waals surface area (Å²) < 4.78 is 17.6. The average Bonchev–Trinajstić information content (AvgIpc) is 3.24. The van der Waals surface area contributed by atoms with Crippen LogP contribution in [0.25, 0.3) is 0 Å². The zero-order valence-corrected chi connectivity index (χ0v) is 17.8. The molecule has 8 heteroatoms. The summed E-state index contributed by atoms with van der Waals surface area (Å²) in [6, 6.07) is 7.84. The number of ether oxygens (including phenoxy) is 3. The maximum absolute atomic E-state index is 11.5. The molecule has 166 valence electrons. The number of rotatable bonds is 6. The lowest BCUT2D eigenvalue weighted by molar-refractivity contribution is -0.118. The van der Waals surface area contributed by atoms with Gasteiger partial charge in [-0.25, -0.2) is 0 Å². The van der Waals surface area contributed by atoms with E-state index in [1.165, 1.54) is 0 Å². The minimum absolute atomic E-state index is 0.0547. The monoisotopic (exact) mass is 434 g/mol. The zero-order valence-electron chi connectivity index (χ0n) is 17.8. The fourth-order valence-electron chi connectivity index (χ4n) is 4.49. The summed E-state index contributed by atoms with van der Waals surface area (Å²) in [7, 11) is 0. The van der Waals surface area contributed by atoms with Crippen molar-refractivity contribution in [2.45, 2.75) is 25.0 Å². The average molecular weight is 434 g/mol. The summed E-state index contributed by atoms with van der Waals surface area (Å²) in [6.45, 7) is 3.43. The predicted octanol–water partition coefficient (Wildman–Crippen LogP) is 2.33. The number of fused-ring (bicyclic) bond motifs is 2. The maximum atomic E-state index is 11.5. The van der Waals surface area contributed by atoms with Gasteiger partial charge < -0.3 is 24.8 Å². The molecule has 3 aliphatic heterocycles. The third-order valence-corrected chi connectivity index (χ3v) is 6.18. The van der Waals surface area contributed by atoms with E-state index in [4.69, 9.17) is 19.5 Å². The van der Waals surface area contributed by atoms with Crippen molar-refractivity contribution in [3.05, 3.63) is 54.0 Å². The van der Waals surface area contributed by atoms with Crippen LogP contribution in [0.3, 0.4) is 0 Å². The maximum Gasteiger partial charge on any atom is 0.262 e. The molecule has 1 aliphatic carbocycles. The van der Waals surface area contributed by atoms with Gasteiger partial charge in [-0.3, -0.25) is 9.69 Å². The first-order valence-corrected chi connectivity index (χ1v) is 11.0. The highest BCUT2D eigenvalue weighted by molar-refractivity contribution is 5.95. The number of amides is 1. The van der Waals surface area contributed by atoms with Crippen LogP contribution in [0.4, 0.5) is 5.69 Å². The Morgan fingerprint density at radius 2 is 2.16 bits per heavy atom. The Balaban J connectivity index is 1.06. The number of carbonyl (C=O) groups is 1. The quantitative estimate of drug-likeness (QED) is 0.709. The molecule has 1 saturated heterocycles. The van der Waals surface area contributed by atoms with Gasteiger partial charge in [0.2, 0.25) is 0 Å². The summed E-state index contributed by atoms with van der Waals surface area (Å²) in [5.74, 6) is 2.29. The highest BCUT2D eigenvalue weighted by Gasteiger charge is 2.31. The third kappa shape index (κ3) is 4.43. The SMILES string of the molecule is N#CC1=CC2C(OCCN3CCC(Oc4ccc5c(c4)NC(=O)CO5)CC3)=CC=CC2N1. The van der Waals surface area contributed by atoms with Crippen molar-refractivity contribution in [3.8, 4) is 17.6 Å². The largest absolute Gasteiger partial charge is 0.496 e. The molecule has 32 heavy (non-hydrogen) atoms. The zero-order chi connectivity index (χ0) is 21.9. The molecule has 2 atom stereocenters. The lowest BCUT2D eigenvalue weighted by atomic mass is 9.95. The van der Waals surface area contributed by atoms with Gasteiger partial charge >= 0.3 is 0 Å². The number of nitrogens with one attached hydrogen (secondary N) is 2. The number of carbonyl (C=O) groups excluding carboxylic acids is 1. The van der Waals surface area contributed by atoms with Gasteiger partial charge in [0.25, 0.3) is 5.91 Å². The van der Waals surface area contributed by atoms with E-state index in [1.54, 1.807) is 0 Å². The molecular weight excluding hydrogens is 408 g/mol. The van der Waals surface area contributed by atoms with Crippen LogP contribution >= 0.6 is 0 Å². The van der Waals surface area contributed by atoms with E-state index in [9.17, 15) is 4.79 Å². The van der Waals surface area contributed by atoms with Crippen LogP contribution in [0.1, 0.15) is 12.8 Å². The number of nitriles is 1. The van der Waals surface area contributed by atoms with Crippen LogP contribution < -0.4 is 20.1 Å². The van der Waals surface area contributed by atoms with Crippen molar-refractivity contribution < 1.29 is 19.0 Å². The van der Waals surface area contributed by atoms with E-state index in [2.05, 4.69) is 27.7 Å². The number of hydrogen-bond acceptors (Lipinski definition) is 7. The first-order valence-electron chi connectivity index (χ1n) is 11.0.